The Bertz CT molecular complexity index is 459. The summed E-state index contributed by atoms with van der Waals surface area (Å²) in [6.07, 6.45) is 5.29. The van der Waals surface area contributed by atoms with Crippen molar-refractivity contribution in [2.75, 3.05) is 13.1 Å². The molecule has 0 aliphatic rings. The average Bonchev–Trinajstić information content (AvgIpc) is 2.82. The maximum atomic E-state index is 11.5. The fourth-order valence-corrected chi connectivity index (χ4v) is 1.88. The first-order valence-electron chi connectivity index (χ1n) is 7.20. The molecule has 0 aromatic carbocycles. The van der Waals surface area contributed by atoms with Crippen LogP contribution in [-0.4, -0.2) is 40.0 Å². The monoisotopic (exact) mass is 296 g/mol. The Morgan fingerprint density at radius 1 is 1.33 bits per heavy atom. The normalized spacial score (nSPS) is 11.9. The number of urea groups is 1. The number of aryl methyl sites for hydroxylation is 1. The Morgan fingerprint density at radius 2 is 2.05 bits per heavy atom. The van der Waals surface area contributed by atoms with Gasteiger partial charge in [-0.2, -0.15) is 5.10 Å². The molecule has 0 saturated carbocycles. The molecule has 0 spiro atoms. The van der Waals surface area contributed by atoms with Gasteiger partial charge in [-0.3, -0.25) is 9.48 Å². The average molecular weight is 296 g/mol. The molecule has 1 atom stereocenters. The molecule has 7 heteroatoms. The minimum Gasteiger partial charge on any atom is -0.481 e. The summed E-state index contributed by atoms with van der Waals surface area (Å²) in [5, 5.41) is 18.2. The molecule has 1 heterocycles. The van der Waals surface area contributed by atoms with Gasteiger partial charge >= 0.3 is 12.0 Å². The lowest BCUT2D eigenvalue weighted by atomic mass is 10.0. The van der Waals surface area contributed by atoms with E-state index >= 15 is 0 Å². The third-order valence-electron chi connectivity index (χ3n) is 3.16. The molecule has 0 saturated heterocycles. The second kappa shape index (κ2) is 8.99. The SMILES string of the molecule is Cc1cnn(CCNC(=O)NCCC(C)CCC(=O)O)c1. The van der Waals surface area contributed by atoms with E-state index in [1.54, 1.807) is 10.9 Å². The lowest BCUT2D eigenvalue weighted by Gasteiger charge is -2.11. The number of hydrogen-bond donors (Lipinski definition) is 3. The van der Waals surface area contributed by atoms with Crippen molar-refractivity contribution < 1.29 is 14.7 Å². The first-order chi connectivity index (χ1) is 9.97. The molecule has 0 radical (unpaired) electrons. The van der Waals surface area contributed by atoms with E-state index in [0.29, 0.717) is 26.1 Å². The number of carbonyl (C=O) groups excluding carboxylic acids is 1. The summed E-state index contributed by atoms with van der Waals surface area (Å²) in [6.45, 7) is 5.66. The highest BCUT2D eigenvalue weighted by atomic mass is 16.4. The zero-order chi connectivity index (χ0) is 15.7. The Labute approximate surface area is 124 Å². The second-order valence-electron chi connectivity index (χ2n) is 5.29. The van der Waals surface area contributed by atoms with Gasteiger partial charge in [-0.05, 0) is 31.2 Å². The second-order valence-corrected chi connectivity index (χ2v) is 5.29. The van der Waals surface area contributed by atoms with Crippen molar-refractivity contribution in [1.29, 1.82) is 0 Å². The molecule has 0 fully saturated rings. The summed E-state index contributed by atoms with van der Waals surface area (Å²) in [5.41, 5.74) is 1.09. The fourth-order valence-electron chi connectivity index (χ4n) is 1.88. The van der Waals surface area contributed by atoms with Crippen LogP contribution in [0, 0.1) is 12.8 Å². The van der Waals surface area contributed by atoms with Gasteiger partial charge in [0, 0.05) is 25.7 Å². The van der Waals surface area contributed by atoms with Crippen LogP contribution in [0.15, 0.2) is 12.4 Å². The van der Waals surface area contributed by atoms with Crippen LogP contribution in [0.25, 0.3) is 0 Å². The summed E-state index contributed by atoms with van der Waals surface area (Å²) in [5.74, 6) is -0.491. The van der Waals surface area contributed by atoms with Crippen LogP contribution in [0.1, 0.15) is 31.7 Å². The summed E-state index contributed by atoms with van der Waals surface area (Å²) in [6, 6.07) is -0.204. The van der Waals surface area contributed by atoms with Gasteiger partial charge in [0.05, 0.1) is 12.7 Å². The van der Waals surface area contributed by atoms with Gasteiger partial charge in [-0.1, -0.05) is 6.92 Å². The van der Waals surface area contributed by atoms with Crippen molar-refractivity contribution in [2.24, 2.45) is 5.92 Å². The van der Waals surface area contributed by atoms with Crippen molar-refractivity contribution in [3.63, 3.8) is 0 Å². The van der Waals surface area contributed by atoms with Crippen molar-refractivity contribution in [3.8, 4) is 0 Å². The third kappa shape index (κ3) is 7.96. The molecule has 2 amide bonds. The summed E-state index contributed by atoms with van der Waals surface area (Å²) < 4.78 is 1.78. The molecular weight excluding hydrogens is 272 g/mol. The molecule has 7 nitrogen and oxygen atoms in total. The smallest absolute Gasteiger partial charge is 0.314 e. The Kier molecular flexibility index (Phi) is 7.28. The van der Waals surface area contributed by atoms with Crippen molar-refractivity contribution in [1.82, 2.24) is 20.4 Å². The summed E-state index contributed by atoms with van der Waals surface area (Å²) in [7, 11) is 0. The number of carboxylic acids is 1. The van der Waals surface area contributed by atoms with Gasteiger partial charge in [-0.25, -0.2) is 4.79 Å². The lowest BCUT2D eigenvalue weighted by molar-refractivity contribution is -0.137. The maximum Gasteiger partial charge on any atom is 0.314 e. The van der Waals surface area contributed by atoms with E-state index in [9.17, 15) is 9.59 Å². The van der Waals surface area contributed by atoms with Crippen LogP contribution < -0.4 is 10.6 Å². The highest BCUT2D eigenvalue weighted by molar-refractivity contribution is 5.73. The van der Waals surface area contributed by atoms with Crippen LogP contribution in [0.4, 0.5) is 4.79 Å². The van der Waals surface area contributed by atoms with E-state index in [1.165, 1.54) is 0 Å². The standard InChI is InChI=1S/C14H24N4O3/c1-11(3-4-13(19)20)5-6-15-14(21)16-7-8-18-10-12(2)9-17-18/h9-11H,3-8H2,1-2H3,(H,19,20)(H2,15,16,21). The summed E-state index contributed by atoms with van der Waals surface area (Å²) in [4.78, 5) is 22.0. The molecule has 1 rings (SSSR count). The van der Waals surface area contributed by atoms with Gasteiger partial charge in [-0.15, -0.1) is 0 Å². The van der Waals surface area contributed by atoms with E-state index in [4.69, 9.17) is 5.11 Å². The molecule has 21 heavy (non-hydrogen) atoms. The van der Waals surface area contributed by atoms with Gasteiger partial charge in [0.25, 0.3) is 0 Å². The number of carbonyl (C=O) groups is 2. The molecular formula is C14H24N4O3. The minimum absolute atomic E-state index is 0.177. The van der Waals surface area contributed by atoms with Gasteiger partial charge in [0.15, 0.2) is 0 Å². The zero-order valence-corrected chi connectivity index (χ0v) is 12.6. The Morgan fingerprint density at radius 3 is 2.67 bits per heavy atom. The predicted molar refractivity (Wildman–Crippen MR) is 79.0 cm³/mol. The predicted octanol–water partition coefficient (Wildman–Crippen LogP) is 1.38. The first kappa shape index (κ1) is 17.0. The molecule has 0 aliphatic heterocycles. The number of rotatable bonds is 9. The molecule has 1 unspecified atom stereocenters. The number of aliphatic carboxylic acids is 1. The minimum atomic E-state index is -0.776. The number of nitrogens with one attached hydrogen (secondary N) is 2. The van der Waals surface area contributed by atoms with Gasteiger partial charge in [0.2, 0.25) is 0 Å². The van der Waals surface area contributed by atoms with Gasteiger partial charge in [0.1, 0.15) is 0 Å². The Hall–Kier alpha value is -2.05. The van der Waals surface area contributed by atoms with Crippen LogP contribution in [0.5, 0.6) is 0 Å². The zero-order valence-electron chi connectivity index (χ0n) is 12.6. The largest absolute Gasteiger partial charge is 0.481 e. The van der Waals surface area contributed by atoms with Gasteiger partial charge < -0.3 is 15.7 Å². The molecule has 0 bridgehead atoms. The van der Waals surface area contributed by atoms with Crippen molar-refractivity contribution in [2.45, 2.75) is 39.7 Å². The highest BCUT2D eigenvalue weighted by Crippen LogP contribution is 2.08. The molecule has 1 aromatic heterocycles. The maximum absolute atomic E-state index is 11.5. The lowest BCUT2D eigenvalue weighted by Crippen LogP contribution is -2.38. The van der Waals surface area contributed by atoms with Crippen LogP contribution in [0.2, 0.25) is 0 Å². The van der Waals surface area contributed by atoms with E-state index in [-0.39, 0.29) is 18.4 Å². The number of aromatic nitrogens is 2. The quantitative estimate of drug-likeness (QED) is 0.641. The van der Waals surface area contributed by atoms with Crippen LogP contribution in [0.3, 0.4) is 0 Å². The number of nitrogens with zero attached hydrogens (tertiary/aromatic N) is 2. The van der Waals surface area contributed by atoms with Crippen molar-refractivity contribution >= 4 is 12.0 Å². The number of amides is 2. The van der Waals surface area contributed by atoms with E-state index in [2.05, 4.69) is 15.7 Å². The topological polar surface area (TPSA) is 96.3 Å². The fraction of sp³-hybridized carbons (Fsp3) is 0.643. The van der Waals surface area contributed by atoms with E-state index < -0.39 is 5.97 Å². The number of hydrogen-bond acceptors (Lipinski definition) is 3. The third-order valence-corrected chi connectivity index (χ3v) is 3.16. The first-order valence-corrected chi connectivity index (χ1v) is 7.20. The summed E-state index contributed by atoms with van der Waals surface area (Å²) >= 11 is 0. The van der Waals surface area contributed by atoms with Crippen LogP contribution in [-0.2, 0) is 11.3 Å². The Balaban J connectivity index is 2.04. The molecule has 3 N–H and O–H groups in total. The molecule has 0 aliphatic carbocycles. The van der Waals surface area contributed by atoms with Crippen LogP contribution >= 0.6 is 0 Å². The van der Waals surface area contributed by atoms with Crippen molar-refractivity contribution in [3.05, 3.63) is 18.0 Å². The van der Waals surface area contributed by atoms with E-state index in [1.807, 2.05) is 20.0 Å². The van der Waals surface area contributed by atoms with E-state index in [0.717, 1.165) is 12.0 Å². The number of carboxylic acid groups (broad SMARTS) is 1. The molecule has 118 valence electrons. The highest BCUT2D eigenvalue weighted by Gasteiger charge is 2.06. The molecule has 1 aromatic rings.